The zero-order valence-corrected chi connectivity index (χ0v) is 12.5. The second-order valence-electron chi connectivity index (χ2n) is 5.17. The van der Waals surface area contributed by atoms with Crippen molar-refractivity contribution in [2.75, 3.05) is 6.54 Å². The maximum Gasteiger partial charge on any atom is 0.417 e. The Balaban J connectivity index is 2.72. The van der Waals surface area contributed by atoms with Crippen LogP contribution >= 0.6 is 0 Å². The summed E-state index contributed by atoms with van der Waals surface area (Å²) in [4.78, 5) is 12.0. The molecule has 0 bridgehead atoms. The van der Waals surface area contributed by atoms with Crippen LogP contribution in [0.5, 0.6) is 0 Å². The molecule has 0 aliphatic rings. The lowest BCUT2D eigenvalue weighted by molar-refractivity contribution is -0.137. The fraction of sp³-hybridized carbons (Fsp3) is 0.562. The highest BCUT2D eigenvalue weighted by Crippen LogP contribution is 2.31. The van der Waals surface area contributed by atoms with E-state index in [9.17, 15) is 18.0 Å². The number of alkyl halides is 3. The number of nitrogens with one attached hydrogen (secondary N) is 1. The van der Waals surface area contributed by atoms with Gasteiger partial charge in [-0.1, -0.05) is 45.2 Å². The molecular weight excluding hydrogens is 279 g/mol. The van der Waals surface area contributed by atoms with Gasteiger partial charge in [0.15, 0.2) is 0 Å². The first-order chi connectivity index (χ1) is 9.90. The van der Waals surface area contributed by atoms with Crippen LogP contribution in [0.2, 0.25) is 0 Å². The van der Waals surface area contributed by atoms with Crippen LogP contribution in [0, 0.1) is 5.92 Å². The Bertz CT molecular complexity index is 457. The molecule has 0 aromatic heterocycles. The van der Waals surface area contributed by atoms with Crippen molar-refractivity contribution in [3.63, 3.8) is 0 Å². The smallest absolute Gasteiger partial charge is 0.352 e. The number of unbranched alkanes of at least 4 members (excludes halogenated alkanes) is 1. The van der Waals surface area contributed by atoms with Crippen LogP contribution in [0.25, 0.3) is 0 Å². The molecule has 0 radical (unpaired) electrons. The summed E-state index contributed by atoms with van der Waals surface area (Å²) >= 11 is 0. The molecule has 1 N–H and O–H groups in total. The molecule has 21 heavy (non-hydrogen) atoms. The van der Waals surface area contributed by atoms with Gasteiger partial charge in [0.2, 0.25) is 0 Å². The van der Waals surface area contributed by atoms with Crippen molar-refractivity contribution in [3.8, 4) is 0 Å². The summed E-state index contributed by atoms with van der Waals surface area (Å²) in [6, 6.07) is 4.88. The number of carbonyl (C=O) groups is 1. The number of hydrogen-bond acceptors (Lipinski definition) is 1. The quantitative estimate of drug-likeness (QED) is 0.780. The summed E-state index contributed by atoms with van der Waals surface area (Å²) < 4.78 is 38.6. The molecule has 1 aromatic carbocycles. The lowest BCUT2D eigenvalue weighted by Crippen LogP contribution is -2.30. The Morgan fingerprint density at radius 3 is 2.48 bits per heavy atom. The van der Waals surface area contributed by atoms with E-state index in [1.807, 2.05) is 6.92 Å². The number of hydrogen-bond donors (Lipinski definition) is 1. The van der Waals surface area contributed by atoms with Gasteiger partial charge in [-0.3, -0.25) is 4.79 Å². The van der Waals surface area contributed by atoms with Crippen LogP contribution in [0.3, 0.4) is 0 Å². The van der Waals surface area contributed by atoms with Gasteiger partial charge in [-0.2, -0.15) is 13.2 Å². The number of amides is 1. The van der Waals surface area contributed by atoms with Crippen LogP contribution in [0.4, 0.5) is 13.2 Å². The fourth-order valence-electron chi connectivity index (χ4n) is 2.20. The Labute approximate surface area is 123 Å². The maximum atomic E-state index is 12.9. The van der Waals surface area contributed by atoms with Gasteiger partial charge >= 0.3 is 6.18 Å². The molecule has 1 unspecified atom stereocenters. The van der Waals surface area contributed by atoms with Crippen LogP contribution in [0.1, 0.15) is 55.5 Å². The van der Waals surface area contributed by atoms with E-state index in [1.165, 1.54) is 18.2 Å². The van der Waals surface area contributed by atoms with Crippen molar-refractivity contribution in [2.45, 2.75) is 45.7 Å². The Kier molecular flexibility index (Phi) is 6.72. The van der Waals surface area contributed by atoms with Crippen molar-refractivity contribution in [1.82, 2.24) is 5.32 Å². The van der Waals surface area contributed by atoms with Crippen LogP contribution in [-0.2, 0) is 6.18 Å². The van der Waals surface area contributed by atoms with Gasteiger partial charge in [0.05, 0.1) is 11.1 Å². The van der Waals surface area contributed by atoms with Crippen molar-refractivity contribution >= 4 is 5.91 Å². The molecule has 0 aliphatic carbocycles. The summed E-state index contributed by atoms with van der Waals surface area (Å²) in [5, 5.41) is 2.63. The number of halogens is 3. The third-order valence-electron chi connectivity index (χ3n) is 3.57. The molecule has 1 rings (SSSR count). The summed E-state index contributed by atoms with van der Waals surface area (Å²) in [5.74, 6) is -0.343. The highest BCUT2D eigenvalue weighted by Gasteiger charge is 2.34. The standard InChI is InChI=1S/C16H22F3NO/c1-3-5-8-12(4-2)11-20-15(21)13-9-6-7-10-14(13)16(17,18)19/h6-7,9-10,12H,3-5,8,11H2,1-2H3,(H,20,21). The van der Waals surface area contributed by atoms with E-state index in [4.69, 9.17) is 0 Å². The third kappa shape index (κ3) is 5.40. The lowest BCUT2D eigenvalue weighted by atomic mass is 9.99. The van der Waals surface area contributed by atoms with E-state index in [2.05, 4.69) is 12.2 Å². The van der Waals surface area contributed by atoms with Crippen LogP contribution in [0.15, 0.2) is 24.3 Å². The predicted molar refractivity (Wildman–Crippen MR) is 77.1 cm³/mol. The highest BCUT2D eigenvalue weighted by atomic mass is 19.4. The highest BCUT2D eigenvalue weighted by molar-refractivity contribution is 5.95. The third-order valence-corrected chi connectivity index (χ3v) is 3.57. The second kappa shape index (κ2) is 8.05. The molecule has 118 valence electrons. The van der Waals surface area contributed by atoms with Crippen LogP contribution < -0.4 is 5.32 Å². The molecular formula is C16H22F3NO. The molecule has 0 spiro atoms. The van der Waals surface area contributed by atoms with Crippen molar-refractivity contribution in [2.24, 2.45) is 5.92 Å². The van der Waals surface area contributed by atoms with Gasteiger partial charge in [-0.15, -0.1) is 0 Å². The number of rotatable bonds is 7. The maximum absolute atomic E-state index is 12.9. The summed E-state index contributed by atoms with van der Waals surface area (Å²) in [7, 11) is 0. The van der Waals surface area contributed by atoms with E-state index < -0.39 is 17.6 Å². The van der Waals surface area contributed by atoms with E-state index in [1.54, 1.807) is 0 Å². The average molecular weight is 301 g/mol. The largest absolute Gasteiger partial charge is 0.417 e. The minimum atomic E-state index is -4.51. The van der Waals surface area contributed by atoms with Gasteiger partial charge < -0.3 is 5.32 Å². The molecule has 1 aromatic rings. The van der Waals surface area contributed by atoms with E-state index >= 15 is 0 Å². The normalized spacial score (nSPS) is 13.0. The van der Waals surface area contributed by atoms with Crippen molar-refractivity contribution in [3.05, 3.63) is 35.4 Å². The van der Waals surface area contributed by atoms with E-state index in [0.717, 1.165) is 31.7 Å². The van der Waals surface area contributed by atoms with Gasteiger partial charge in [-0.05, 0) is 24.5 Å². The lowest BCUT2D eigenvalue weighted by Gasteiger charge is -2.17. The first-order valence-corrected chi connectivity index (χ1v) is 7.34. The minimum absolute atomic E-state index is 0.310. The molecule has 5 heteroatoms. The monoisotopic (exact) mass is 301 g/mol. The zero-order chi connectivity index (χ0) is 15.9. The van der Waals surface area contributed by atoms with Gasteiger partial charge in [0, 0.05) is 6.54 Å². The summed E-state index contributed by atoms with van der Waals surface area (Å²) in [5.41, 5.74) is -1.19. The Morgan fingerprint density at radius 1 is 1.24 bits per heavy atom. The molecule has 1 amide bonds. The van der Waals surface area contributed by atoms with E-state index in [0.29, 0.717) is 12.5 Å². The fourth-order valence-corrected chi connectivity index (χ4v) is 2.20. The molecule has 1 atom stereocenters. The summed E-state index contributed by atoms with van der Waals surface area (Å²) in [6.07, 6.45) is -0.495. The first kappa shape index (κ1) is 17.5. The van der Waals surface area contributed by atoms with Crippen molar-refractivity contribution in [1.29, 1.82) is 0 Å². The summed E-state index contributed by atoms with van der Waals surface area (Å²) in [6.45, 7) is 4.53. The average Bonchev–Trinajstić information content (AvgIpc) is 2.46. The number of carbonyl (C=O) groups excluding carboxylic acids is 1. The predicted octanol–water partition coefficient (Wildman–Crippen LogP) is 4.65. The van der Waals surface area contributed by atoms with Crippen molar-refractivity contribution < 1.29 is 18.0 Å². The SMILES string of the molecule is CCCCC(CC)CNC(=O)c1ccccc1C(F)(F)F. The zero-order valence-electron chi connectivity index (χ0n) is 12.5. The molecule has 0 saturated heterocycles. The van der Waals surface area contributed by atoms with Gasteiger partial charge in [-0.25, -0.2) is 0 Å². The van der Waals surface area contributed by atoms with E-state index in [-0.39, 0.29) is 5.56 Å². The molecule has 0 saturated carbocycles. The van der Waals surface area contributed by atoms with Gasteiger partial charge in [0.25, 0.3) is 5.91 Å². The topological polar surface area (TPSA) is 29.1 Å². The first-order valence-electron chi connectivity index (χ1n) is 7.34. The number of benzene rings is 1. The molecule has 0 heterocycles. The Morgan fingerprint density at radius 2 is 1.90 bits per heavy atom. The molecule has 2 nitrogen and oxygen atoms in total. The van der Waals surface area contributed by atoms with Crippen LogP contribution in [-0.4, -0.2) is 12.5 Å². The molecule has 0 fully saturated rings. The minimum Gasteiger partial charge on any atom is -0.352 e. The second-order valence-corrected chi connectivity index (χ2v) is 5.17. The molecule has 0 aliphatic heterocycles. The Hall–Kier alpha value is -1.52. The van der Waals surface area contributed by atoms with Gasteiger partial charge in [0.1, 0.15) is 0 Å².